The molecule has 2 atom stereocenters. The summed E-state index contributed by atoms with van der Waals surface area (Å²) in [5.74, 6) is 0.0124. The first-order chi connectivity index (χ1) is 15.9. The number of benzene rings is 3. The summed E-state index contributed by atoms with van der Waals surface area (Å²) in [7, 11) is 0. The second-order valence-corrected chi connectivity index (χ2v) is 8.22. The Bertz CT molecular complexity index is 1180. The largest absolute Gasteiger partial charge is 0.488 e. The number of esters is 2. The molecule has 1 aliphatic rings. The van der Waals surface area contributed by atoms with Crippen molar-refractivity contribution in [2.75, 3.05) is 6.61 Å². The van der Waals surface area contributed by atoms with Crippen molar-refractivity contribution in [1.29, 1.82) is 0 Å². The summed E-state index contributed by atoms with van der Waals surface area (Å²) in [5.41, 5.74) is 3.36. The van der Waals surface area contributed by atoms with E-state index in [1.165, 1.54) is 6.92 Å². The Kier molecular flexibility index (Phi) is 6.65. The predicted octanol–water partition coefficient (Wildman–Crippen LogP) is 5.54. The van der Waals surface area contributed by atoms with Gasteiger partial charge in [-0.05, 0) is 50.1 Å². The van der Waals surface area contributed by atoms with Crippen LogP contribution in [-0.4, -0.2) is 24.6 Å². The predicted molar refractivity (Wildman–Crippen MR) is 125 cm³/mol. The molecule has 1 aliphatic heterocycles. The highest BCUT2D eigenvalue weighted by molar-refractivity contribution is 6.02. The first-order valence-corrected chi connectivity index (χ1v) is 11.2. The molecule has 3 aromatic rings. The highest BCUT2D eigenvalue weighted by Crippen LogP contribution is 2.44. The lowest BCUT2D eigenvalue weighted by Crippen LogP contribution is -2.23. The Morgan fingerprint density at radius 1 is 1.06 bits per heavy atom. The molecular weight excluding hydrogens is 420 g/mol. The Labute approximate surface area is 193 Å². The average molecular weight is 449 g/mol. The van der Waals surface area contributed by atoms with Gasteiger partial charge < -0.3 is 18.9 Å². The van der Waals surface area contributed by atoms with Crippen LogP contribution in [0.25, 0.3) is 10.8 Å². The van der Waals surface area contributed by atoms with Gasteiger partial charge in [0.1, 0.15) is 18.1 Å². The second-order valence-electron chi connectivity index (χ2n) is 8.22. The van der Waals surface area contributed by atoms with Gasteiger partial charge in [0.15, 0.2) is 0 Å². The van der Waals surface area contributed by atoms with Crippen molar-refractivity contribution in [1.82, 2.24) is 0 Å². The van der Waals surface area contributed by atoms with Crippen molar-refractivity contribution in [2.45, 2.75) is 52.9 Å². The fraction of sp³-hybridized carbons (Fsp3) is 0.333. The molecule has 0 radical (unpaired) electrons. The zero-order chi connectivity index (χ0) is 23.5. The van der Waals surface area contributed by atoms with Crippen molar-refractivity contribution < 1.29 is 28.5 Å². The lowest BCUT2D eigenvalue weighted by atomic mass is 9.89. The third-order valence-electron chi connectivity index (χ3n) is 5.67. The minimum Gasteiger partial charge on any atom is -0.488 e. The van der Waals surface area contributed by atoms with E-state index in [0.29, 0.717) is 40.9 Å². The first kappa shape index (κ1) is 22.8. The van der Waals surface area contributed by atoms with E-state index in [4.69, 9.17) is 18.9 Å². The molecule has 0 unspecified atom stereocenters. The quantitative estimate of drug-likeness (QED) is 0.364. The van der Waals surface area contributed by atoms with Crippen molar-refractivity contribution >= 4 is 22.7 Å². The highest BCUT2D eigenvalue weighted by atomic mass is 16.5. The molecule has 6 heteroatoms. The maximum absolute atomic E-state index is 12.6. The summed E-state index contributed by atoms with van der Waals surface area (Å²) < 4.78 is 23.2. The van der Waals surface area contributed by atoms with Crippen molar-refractivity contribution in [2.24, 2.45) is 0 Å². The first-order valence-electron chi connectivity index (χ1n) is 11.2. The molecule has 0 fully saturated rings. The summed E-state index contributed by atoms with van der Waals surface area (Å²) in [5, 5.41) is 1.39. The van der Waals surface area contributed by atoms with Gasteiger partial charge >= 0.3 is 11.9 Å². The van der Waals surface area contributed by atoms with E-state index in [9.17, 15) is 9.59 Å². The van der Waals surface area contributed by atoms with Crippen LogP contribution in [0.2, 0.25) is 0 Å². The topological polar surface area (TPSA) is 71.1 Å². The molecule has 6 nitrogen and oxygen atoms in total. The van der Waals surface area contributed by atoms with Crippen LogP contribution in [0.4, 0.5) is 0 Å². The molecule has 4 rings (SSSR count). The number of carbonyl (C=O) groups is 2. The normalized spacial score (nSPS) is 17.3. The number of rotatable bonds is 6. The van der Waals surface area contributed by atoms with Gasteiger partial charge in [-0.15, -0.1) is 0 Å². The minimum atomic E-state index is -0.482. The van der Waals surface area contributed by atoms with Gasteiger partial charge in [0, 0.05) is 29.7 Å². The van der Waals surface area contributed by atoms with Gasteiger partial charge in [-0.2, -0.15) is 0 Å². The van der Waals surface area contributed by atoms with Crippen molar-refractivity contribution in [3.05, 3.63) is 70.8 Å². The van der Waals surface area contributed by atoms with Crippen LogP contribution in [0, 0.1) is 0 Å². The summed E-state index contributed by atoms with van der Waals surface area (Å²) in [6.45, 7) is 7.72. The average Bonchev–Trinajstić information content (AvgIpc) is 2.77. The number of ether oxygens (including phenoxy) is 4. The molecule has 0 aliphatic carbocycles. The summed E-state index contributed by atoms with van der Waals surface area (Å²) in [4.78, 5) is 24.4. The molecule has 0 aromatic heterocycles. The van der Waals surface area contributed by atoms with E-state index in [1.54, 1.807) is 19.1 Å². The molecular formula is C27H28O6. The third kappa shape index (κ3) is 4.86. The van der Waals surface area contributed by atoms with Gasteiger partial charge in [-0.3, -0.25) is 4.79 Å². The zero-order valence-electron chi connectivity index (χ0n) is 19.3. The van der Waals surface area contributed by atoms with E-state index in [1.807, 2.05) is 50.2 Å². The molecule has 1 heterocycles. The van der Waals surface area contributed by atoms with Gasteiger partial charge in [-0.1, -0.05) is 30.3 Å². The number of hydrogen-bond acceptors (Lipinski definition) is 6. The lowest BCUT2D eigenvalue weighted by Gasteiger charge is -2.31. The van der Waals surface area contributed by atoms with Crippen molar-refractivity contribution in [3.63, 3.8) is 0 Å². The smallest absolute Gasteiger partial charge is 0.338 e. The standard InChI is InChI=1S/C27H28O6/c1-5-30-27(29)20-12-24-22(25(13-20)33-18(4)28)14-21-17(3)32-16(2)11-23(21)26(24)31-15-19-9-7-6-8-10-19/h6-10,12-14,16-17H,5,11,15H2,1-4H3/t16-,17-/m0/s1. The van der Waals surface area contributed by atoms with Gasteiger partial charge in [0.2, 0.25) is 0 Å². The van der Waals surface area contributed by atoms with E-state index in [2.05, 4.69) is 0 Å². The fourth-order valence-electron chi connectivity index (χ4n) is 4.30. The van der Waals surface area contributed by atoms with Crippen LogP contribution >= 0.6 is 0 Å². The van der Waals surface area contributed by atoms with Gasteiger partial charge in [0.25, 0.3) is 0 Å². The molecule has 0 bridgehead atoms. The summed E-state index contributed by atoms with van der Waals surface area (Å²) in [6, 6.07) is 15.2. The molecule has 172 valence electrons. The summed E-state index contributed by atoms with van der Waals surface area (Å²) in [6.07, 6.45) is 0.541. The molecule has 33 heavy (non-hydrogen) atoms. The SMILES string of the molecule is CCOC(=O)c1cc(OC(C)=O)c2cc3c(c(OCc4ccccc4)c2c1)C[C@H](C)O[C@H]3C. The van der Waals surface area contributed by atoms with Crippen LogP contribution in [-0.2, 0) is 27.3 Å². The van der Waals surface area contributed by atoms with E-state index in [0.717, 1.165) is 16.7 Å². The lowest BCUT2D eigenvalue weighted by molar-refractivity contribution is -0.131. The molecule has 0 spiro atoms. The van der Waals surface area contributed by atoms with E-state index < -0.39 is 11.9 Å². The molecule has 0 amide bonds. The van der Waals surface area contributed by atoms with Crippen LogP contribution < -0.4 is 9.47 Å². The van der Waals surface area contributed by atoms with E-state index >= 15 is 0 Å². The Balaban J connectivity index is 1.94. The fourth-order valence-corrected chi connectivity index (χ4v) is 4.30. The van der Waals surface area contributed by atoms with Crippen LogP contribution in [0.15, 0.2) is 48.5 Å². The maximum atomic E-state index is 12.6. The van der Waals surface area contributed by atoms with Crippen LogP contribution in [0.3, 0.4) is 0 Å². The van der Waals surface area contributed by atoms with E-state index in [-0.39, 0.29) is 18.8 Å². The third-order valence-corrected chi connectivity index (χ3v) is 5.67. The molecule has 0 N–H and O–H groups in total. The number of carbonyl (C=O) groups excluding carboxylic acids is 2. The molecule has 0 saturated carbocycles. The Morgan fingerprint density at radius 3 is 2.52 bits per heavy atom. The van der Waals surface area contributed by atoms with Crippen LogP contribution in [0.1, 0.15) is 60.8 Å². The highest BCUT2D eigenvalue weighted by Gasteiger charge is 2.28. The Hall–Kier alpha value is -3.38. The number of fused-ring (bicyclic) bond motifs is 2. The van der Waals surface area contributed by atoms with Crippen molar-refractivity contribution in [3.8, 4) is 11.5 Å². The van der Waals surface area contributed by atoms with Gasteiger partial charge in [0.05, 0.1) is 24.4 Å². The molecule has 0 saturated heterocycles. The maximum Gasteiger partial charge on any atom is 0.338 e. The van der Waals surface area contributed by atoms with Gasteiger partial charge in [-0.25, -0.2) is 4.79 Å². The zero-order valence-corrected chi connectivity index (χ0v) is 19.3. The summed E-state index contributed by atoms with van der Waals surface area (Å²) >= 11 is 0. The molecule has 3 aromatic carbocycles. The second kappa shape index (κ2) is 9.63. The number of hydrogen-bond donors (Lipinski definition) is 0. The monoisotopic (exact) mass is 448 g/mol. The Morgan fingerprint density at radius 2 is 1.82 bits per heavy atom. The minimum absolute atomic E-state index is 0.0187. The van der Waals surface area contributed by atoms with Crippen LogP contribution in [0.5, 0.6) is 11.5 Å².